The molecule has 1 aromatic heterocycles. The summed E-state index contributed by atoms with van der Waals surface area (Å²) in [6.07, 6.45) is 0. The third kappa shape index (κ3) is 7.49. The van der Waals surface area contributed by atoms with E-state index in [1.165, 1.54) is 37.4 Å². The van der Waals surface area contributed by atoms with Crippen molar-refractivity contribution >= 4 is 55.7 Å². The van der Waals surface area contributed by atoms with Gasteiger partial charge in [-0.2, -0.15) is 0 Å². The normalized spacial score (nSPS) is 10.8. The minimum Gasteiger partial charge on any atom is -0.508 e. The molecular weight excluding hydrogens is 568 g/mol. The number of rotatable bonds is 10. The Bertz CT molecular complexity index is 1880. The van der Waals surface area contributed by atoms with Crippen LogP contribution in [0.15, 0.2) is 95.9 Å². The number of sulfonamides is 1. The fraction of sp³-hybridized carbons (Fsp3) is 0.129. The number of anilines is 5. The van der Waals surface area contributed by atoms with E-state index in [1.54, 1.807) is 36.4 Å². The molecule has 1 amide bonds. The number of methoxy groups -OCH3 is 1. The van der Waals surface area contributed by atoms with Crippen LogP contribution in [0.25, 0.3) is 11.0 Å². The van der Waals surface area contributed by atoms with Crippen molar-refractivity contribution in [1.82, 2.24) is 9.97 Å². The molecule has 0 atom stereocenters. The van der Waals surface area contributed by atoms with Crippen molar-refractivity contribution in [1.29, 1.82) is 0 Å². The number of nitrogens with one attached hydrogen (secondary N) is 4. The molecule has 0 aliphatic heterocycles. The Hall–Kier alpha value is -5.36. The largest absolute Gasteiger partial charge is 0.508 e. The molecule has 0 bridgehead atoms. The van der Waals surface area contributed by atoms with Gasteiger partial charge in [0.15, 0.2) is 11.6 Å². The highest BCUT2D eigenvalue weighted by atomic mass is 32.2. The van der Waals surface area contributed by atoms with Gasteiger partial charge in [0.2, 0.25) is 5.91 Å². The number of amides is 1. The Morgan fingerprint density at radius 2 is 1.56 bits per heavy atom. The highest BCUT2D eigenvalue weighted by Crippen LogP contribution is 2.31. The molecule has 0 fully saturated rings. The van der Waals surface area contributed by atoms with Gasteiger partial charge in [0.25, 0.3) is 10.0 Å². The lowest BCUT2D eigenvalue weighted by Gasteiger charge is -2.15. The first kappa shape index (κ1) is 30.6. The maximum absolute atomic E-state index is 13.5. The number of benzene rings is 4. The molecule has 0 unspecified atom stereocenters. The van der Waals surface area contributed by atoms with Crippen LogP contribution in [0.2, 0.25) is 0 Å². The predicted molar refractivity (Wildman–Crippen MR) is 170 cm³/mol. The van der Waals surface area contributed by atoms with Gasteiger partial charge in [0.05, 0.1) is 29.6 Å². The van der Waals surface area contributed by atoms with Crippen LogP contribution in [0.1, 0.15) is 13.0 Å². The van der Waals surface area contributed by atoms with Crippen molar-refractivity contribution in [2.75, 3.05) is 34.3 Å². The molecule has 1 heterocycles. The number of hydrogen-bond acceptors (Lipinski definition) is 9. The number of ether oxygens (including phenoxy) is 1. The van der Waals surface area contributed by atoms with Crippen LogP contribution >= 0.6 is 0 Å². The Kier molecular flexibility index (Phi) is 9.31. The quantitative estimate of drug-likeness (QED) is 0.132. The maximum Gasteiger partial charge on any atom is 0.263 e. The summed E-state index contributed by atoms with van der Waals surface area (Å²) in [7, 11) is -2.71. The molecule has 12 heteroatoms. The van der Waals surface area contributed by atoms with Crippen LogP contribution in [0, 0.1) is 6.92 Å². The average molecular weight is 601 g/mol. The topological polar surface area (TPSA) is 155 Å². The lowest BCUT2D eigenvalue weighted by molar-refractivity contribution is -0.114. The third-order valence-electron chi connectivity index (χ3n) is 6.20. The smallest absolute Gasteiger partial charge is 0.263 e. The highest BCUT2D eigenvalue weighted by Gasteiger charge is 2.20. The van der Waals surface area contributed by atoms with Crippen LogP contribution < -0.4 is 25.4 Å². The number of aryl methyl sites for hydroxylation is 1. The van der Waals surface area contributed by atoms with Crippen molar-refractivity contribution in [2.45, 2.75) is 19.2 Å². The monoisotopic (exact) mass is 600 g/mol. The van der Waals surface area contributed by atoms with Gasteiger partial charge in [-0.3, -0.25) is 9.52 Å². The van der Waals surface area contributed by atoms with Gasteiger partial charge < -0.3 is 25.8 Å². The van der Waals surface area contributed by atoms with Crippen molar-refractivity contribution < 1.29 is 23.1 Å². The molecule has 43 heavy (non-hydrogen) atoms. The van der Waals surface area contributed by atoms with Crippen molar-refractivity contribution in [2.24, 2.45) is 0 Å². The Balaban J connectivity index is 0.00000423. The van der Waals surface area contributed by atoms with Gasteiger partial charge in [-0.1, -0.05) is 43.8 Å². The molecule has 5 aromatic rings. The first-order valence-electron chi connectivity index (χ1n) is 12.8. The number of fused-ring (bicyclic) bond motifs is 1. The fourth-order valence-electron chi connectivity index (χ4n) is 4.15. The predicted octanol–water partition coefficient (Wildman–Crippen LogP) is 5.88. The van der Waals surface area contributed by atoms with Crippen LogP contribution in [-0.4, -0.2) is 43.1 Å². The number of phenolic OH excluding ortho intramolecular Hbond substituents is 1. The number of aromatic nitrogens is 2. The van der Waals surface area contributed by atoms with E-state index >= 15 is 0 Å². The standard InChI is InChI=1S/C30H28N6O5S.CH4/c1-19-8-3-4-11-25(19)31-18-28(38)32-20-9-7-10-24(16-20)42(39,40)36-30-29(34-26-12-5-6-13-27(26)35-30)33-21-14-22(37)17-23(15-21)41-2;/h3-17,31,37H,18H2,1-2H3,(H,32,38)(H,33,34)(H,35,36);1H4. The van der Waals surface area contributed by atoms with Gasteiger partial charge in [-0.15, -0.1) is 0 Å². The van der Waals surface area contributed by atoms with E-state index in [-0.39, 0.29) is 42.2 Å². The lowest BCUT2D eigenvalue weighted by Crippen LogP contribution is -2.22. The van der Waals surface area contributed by atoms with Crippen molar-refractivity contribution in [3.8, 4) is 11.5 Å². The zero-order valence-corrected chi connectivity index (χ0v) is 23.6. The summed E-state index contributed by atoms with van der Waals surface area (Å²) in [5.41, 5.74) is 3.54. The van der Waals surface area contributed by atoms with E-state index in [4.69, 9.17) is 4.74 Å². The second kappa shape index (κ2) is 13.1. The van der Waals surface area contributed by atoms with E-state index in [2.05, 4.69) is 30.6 Å². The van der Waals surface area contributed by atoms with Crippen LogP contribution in [-0.2, 0) is 14.8 Å². The second-order valence-corrected chi connectivity index (χ2v) is 11.0. The minimum absolute atomic E-state index is 0. The molecule has 4 aromatic carbocycles. The summed E-state index contributed by atoms with van der Waals surface area (Å²) >= 11 is 0. The minimum atomic E-state index is -4.17. The summed E-state index contributed by atoms with van der Waals surface area (Å²) in [4.78, 5) is 21.5. The SMILES string of the molecule is C.COc1cc(O)cc(Nc2nc3ccccc3nc2NS(=O)(=O)c2cccc(NC(=O)CNc3ccccc3C)c2)c1. The van der Waals surface area contributed by atoms with Gasteiger partial charge in [0.1, 0.15) is 11.5 Å². The number of aromatic hydroxyl groups is 1. The molecule has 0 spiro atoms. The number of para-hydroxylation sites is 3. The Morgan fingerprint density at radius 1 is 0.860 bits per heavy atom. The van der Waals surface area contributed by atoms with E-state index in [9.17, 15) is 18.3 Å². The van der Waals surface area contributed by atoms with Crippen molar-refractivity contribution in [3.63, 3.8) is 0 Å². The fourth-order valence-corrected chi connectivity index (χ4v) is 5.20. The summed E-state index contributed by atoms with van der Waals surface area (Å²) < 4.78 is 34.7. The molecule has 0 aliphatic carbocycles. The maximum atomic E-state index is 13.5. The average Bonchev–Trinajstić information content (AvgIpc) is 2.96. The van der Waals surface area contributed by atoms with Crippen LogP contribution in [0.3, 0.4) is 0 Å². The molecule has 0 radical (unpaired) electrons. The molecule has 5 rings (SSSR count). The Labute approximate surface area is 250 Å². The second-order valence-electron chi connectivity index (χ2n) is 9.30. The zero-order chi connectivity index (χ0) is 29.7. The summed E-state index contributed by atoms with van der Waals surface area (Å²) in [5.74, 6) is 0.0424. The molecule has 5 N–H and O–H groups in total. The lowest BCUT2D eigenvalue weighted by atomic mass is 10.2. The van der Waals surface area contributed by atoms with E-state index in [1.807, 2.05) is 31.2 Å². The van der Waals surface area contributed by atoms with Crippen LogP contribution in [0.4, 0.5) is 28.7 Å². The molecule has 0 saturated heterocycles. The molecule has 11 nitrogen and oxygen atoms in total. The van der Waals surface area contributed by atoms with E-state index < -0.39 is 10.0 Å². The molecule has 0 saturated carbocycles. The molecule has 222 valence electrons. The van der Waals surface area contributed by atoms with E-state index in [0.29, 0.717) is 28.2 Å². The number of carbonyl (C=O) groups is 1. The van der Waals surface area contributed by atoms with Crippen molar-refractivity contribution in [3.05, 3.63) is 96.6 Å². The summed E-state index contributed by atoms with van der Waals surface area (Å²) in [6.45, 7) is 1.94. The van der Waals surface area contributed by atoms with Gasteiger partial charge in [0, 0.05) is 35.3 Å². The van der Waals surface area contributed by atoms with Gasteiger partial charge in [-0.25, -0.2) is 18.4 Å². The number of phenols is 1. The molecule has 0 aliphatic rings. The number of hydrogen-bond donors (Lipinski definition) is 5. The Morgan fingerprint density at radius 3 is 2.28 bits per heavy atom. The van der Waals surface area contributed by atoms with E-state index in [0.717, 1.165) is 11.3 Å². The van der Waals surface area contributed by atoms with Gasteiger partial charge in [-0.05, 0) is 48.9 Å². The number of nitrogens with zero attached hydrogens (tertiary/aromatic N) is 2. The first-order chi connectivity index (χ1) is 20.2. The summed E-state index contributed by atoms with van der Waals surface area (Å²) in [6, 6.07) is 25.0. The highest BCUT2D eigenvalue weighted by molar-refractivity contribution is 7.92. The van der Waals surface area contributed by atoms with Crippen LogP contribution in [0.5, 0.6) is 11.5 Å². The zero-order valence-electron chi connectivity index (χ0n) is 22.8. The summed E-state index contributed by atoms with van der Waals surface area (Å²) in [5, 5.41) is 18.9. The molecular formula is C31H32N6O5S. The first-order valence-corrected chi connectivity index (χ1v) is 14.3. The van der Waals surface area contributed by atoms with Gasteiger partial charge >= 0.3 is 0 Å². The number of carbonyl (C=O) groups excluding carboxylic acids is 1. The third-order valence-corrected chi connectivity index (χ3v) is 7.54.